The Labute approximate surface area is 133 Å². The largest absolute Gasteiger partial charge is 0.497 e. The van der Waals surface area contributed by atoms with Gasteiger partial charge in [0.15, 0.2) is 0 Å². The fraction of sp³-hybridized carbons (Fsp3) is 0.625. The summed E-state index contributed by atoms with van der Waals surface area (Å²) in [6.07, 6.45) is 6.33. The van der Waals surface area contributed by atoms with E-state index in [2.05, 4.69) is 0 Å². The smallest absolute Gasteiger partial charge is 0.246 e. The zero-order valence-corrected chi connectivity index (χ0v) is 14.2. The van der Waals surface area contributed by atoms with Crippen LogP contribution in [0.15, 0.2) is 23.1 Å². The van der Waals surface area contributed by atoms with E-state index in [-0.39, 0.29) is 4.90 Å². The number of sulfonamides is 1. The van der Waals surface area contributed by atoms with Crippen molar-refractivity contribution < 1.29 is 17.9 Å². The van der Waals surface area contributed by atoms with Crippen molar-refractivity contribution >= 4 is 10.0 Å². The molecule has 1 aromatic rings. The first kappa shape index (κ1) is 17.1. The molecular weight excluding hydrogens is 302 g/mol. The highest BCUT2D eigenvalue weighted by Gasteiger charge is 2.25. The molecule has 0 saturated carbocycles. The van der Waals surface area contributed by atoms with Gasteiger partial charge in [0.2, 0.25) is 10.0 Å². The number of nitrogens with zero attached hydrogens (tertiary/aromatic N) is 1. The van der Waals surface area contributed by atoms with Crippen molar-refractivity contribution in [2.24, 2.45) is 0 Å². The quantitative estimate of drug-likeness (QED) is 0.795. The van der Waals surface area contributed by atoms with Crippen LogP contribution in [0.1, 0.15) is 38.5 Å². The first-order chi connectivity index (χ1) is 10.6. The van der Waals surface area contributed by atoms with Gasteiger partial charge in [-0.15, -0.1) is 0 Å². The van der Waals surface area contributed by atoms with E-state index in [4.69, 9.17) is 9.47 Å². The standard InChI is InChI=1S/C16H25NO4S/c1-17-11-7-5-3-4-6-8-12-21-15-13-14(20-2)9-10-16(15)22(17,18)19/h9-10,13H,3-8,11-12H2,1-2H3. The summed E-state index contributed by atoms with van der Waals surface area (Å²) in [6, 6.07) is 4.88. The van der Waals surface area contributed by atoms with E-state index < -0.39 is 10.0 Å². The van der Waals surface area contributed by atoms with Crippen molar-refractivity contribution in [3.8, 4) is 11.5 Å². The molecule has 0 radical (unpaired) electrons. The van der Waals surface area contributed by atoms with Crippen molar-refractivity contribution in [2.75, 3.05) is 27.3 Å². The maximum atomic E-state index is 12.7. The molecule has 0 atom stereocenters. The molecule has 5 nitrogen and oxygen atoms in total. The lowest BCUT2D eigenvalue weighted by Gasteiger charge is -2.19. The minimum Gasteiger partial charge on any atom is -0.497 e. The lowest BCUT2D eigenvalue weighted by molar-refractivity contribution is 0.294. The molecule has 0 unspecified atom stereocenters. The summed E-state index contributed by atoms with van der Waals surface area (Å²) in [5.74, 6) is 0.978. The lowest BCUT2D eigenvalue weighted by atomic mass is 10.1. The number of benzene rings is 1. The zero-order valence-electron chi connectivity index (χ0n) is 13.4. The maximum absolute atomic E-state index is 12.7. The molecular formula is C16H25NO4S. The number of rotatable bonds is 1. The Morgan fingerprint density at radius 1 is 1.09 bits per heavy atom. The number of fused-ring (bicyclic) bond motifs is 1. The van der Waals surface area contributed by atoms with Gasteiger partial charge >= 0.3 is 0 Å². The fourth-order valence-electron chi connectivity index (χ4n) is 2.56. The number of methoxy groups -OCH3 is 1. The van der Waals surface area contributed by atoms with Crippen LogP contribution in [0, 0.1) is 0 Å². The fourth-order valence-corrected chi connectivity index (χ4v) is 3.87. The SMILES string of the molecule is COc1ccc2c(c1)OCCCCCCCCN(C)S2(=O)=O. The molecule has 0 aromatic heterocycles. The molecule has 0 N–H and O–H groups in total. The topological polar surface area (TPSA) is 55.8 Å². The monoisotopic (exact) mass is 327 g/mol. The van der Waals surface area contributed by atoms with Gasteiger partial charge in [0, 0.05) is 19.7 Å². The number of hydrogen-bond donors (Lipinski definition) is 0. The van der Waals surface area contributed by atoms with Gasteiger partial charge in [0.25, 0.3) is 0 Å². The van der Waals surface area contributed by atoms with E-state index >= 15 is 0 Å². The first-order valence-corrected chi connectivity index (χ1v) is 9.27. The lowest BCUT2D eigenvalue weighted by Crippen LogP contribution is -2.28. The van der Waals surface area contributed by atoms with Crippen LogP contribution in [0.25, 0.3) is 0 Å². The molecule has 6 heteroatoms. The third-order valence-electron chi connectivity index (χ3n) is 3.96. The summed E-state index contributed by atoms with van der Waals surface area (Å²) in [4.78, 5) is 0.218. The predicted octanol–water partition coefficient (Wildman–Crippen LogP) is 3.05. The molecule has 1 heterocycles. The molecule has 124 valence electrons. The Morgan fingerprint density at radius 3 is 2.50 bits per heavy atom. The molecule has 0 amide bonds. The maximum Gasteiger partial charge on any atom is 0.246 e. The molecule has 0 saturated heterocycles. The second-order valence-electron chi connectivity index (χ2n) is 5.61. The van der Waals surface area contributed by atoms with Crippen molar-refractivity contribution in [1.29, 1.82) is 0 Å². The van der Waals surface area contributed by atoms with Crippen LogP contribution in [-0.2, 0) is 10.0 Å². The Kier molecular flexibility index (Phi) is 6.08. The zero-order chi connectivity index (χ0) is 16.0. The summed E-state index contributed by atoms with van der Waals surface area (Å²) in [5, 5.41) is 0. The van der Waals surface area contributed by atoms with Crippen molar-refractivity contribution in [3.63, 3.8) is 0 Å². The number of hydrogen-bond acceptors (Lipinski definition) is 4. The second-order valence-corrected chi connectivity index (χ2v) is 7.62. The Hall–Kier alpha value is -1.27. The molecule has 0 bridgehead atoms. The van der Waals surface area contributed by atoms with E-state index in [1.165, 1.54) is 10.7 Å². The summed E-state index contributed by atoms with van der Waals surface area (Å²) in [7, 11) is -0.347. The predicted molar refractivity (Wildman–Crippen MR) is 86.0 cm³/mol. The molecule has 0 spiro atoms. The Bertz CT molecular complexity index is 586. The van der Waals surface area contributed by atoms with E-state index in [0.717, 1.165) is 32.1 Å². The van der Waals surface area contributed by atoms with Crippen molar-refractivity contribution in [1.82, 2.24) is 4.31 Å². The molecule has 0 aliphatic carbocycles. The minimum absolute atomic E-state index is 0.218. The van der Waals surface area contributed by atoms with Crippen LogP contribution in [0.4, 0.5) is 0 Å². The van der Waals surface area contributed by atoms with E-state index in [9.17, 15) is 8.42 Å². The molecule has 22 heavy (non-hydrogen) atoms. The third kappa shape index (κ3) is 4.14. The molecule has 1 aliphatic heterocycles. The highest BCUT2D eigenvalue weighted by atomic mass is 32.2. The summed E-state index contributed by atoms with van der Waals surface area (Å²) < 4.78 is 37.8. The molecule has 1 aromatic carbocycles. The van der Waals surface area contributed by atoms with Gasteiger partial charge in [-0.25, -0.2) is 12.7 Å². The van der Waals surface area contributed by atoms with Crippen LogP contribution < -0.4 is 9.47 Å². The van der Waals surface area contributed by atoms with Gasteiger partial charge in [-0.1, -0.05) is 25.7 Å². The van der Waals surface area contributed by atoms with Gasteiger partial charge < -0.3 is 9.47 Å². The number of ether oxygens (including phenoxy) is 2. The van der Waals surface area contributed by atoms with E-state index in [1.807, 2.05) is 0 Å². The second kappa shape index (κ2) is 7.83. The van der Waals surface area contributed by atoms with Crippen LogP contribution in [-0.4, -0.2) is 40.0 Å². The van der Waals surface area contributed by atoms with E-state index in [1.54, 1.807) is 32.4 Å². The van der Waals surface area contributed by atoms with Gasteiger partial charge in [-0.3, -0.25) is 0 Å². The molecule has 1 aliphatic rings. The first-order valence-electron chi connectivity index (χ1n) is 7.83. The van der Waals surface area contributed by atoms with Crippen LogP contribution in [0.5, 0.6) is 11.5 Å². The average Bonchev–Trinajstić information content (AvgIpc) is 2.52. The van der Waals surface area contributed by atoms with Crippen LogP contribution in [0.2, 0.25) is 0 Å². The third-order valence-corrected chi connectivity index (χ3v) is 5.86. The Morgan fingerprint density at radius 2 is 1.77 bits per heavy atom. The normalized spacial score (nSPS) is 20.6. The van der Waals surface area contributed by atoms with Crippen LogP contribution in [0.3, 0.4) is 0 Å². The van der Waals surface area contributed by atoms with Crippen molar-refractivity contribution in [3.05, 3.63) is 18.2 Å². The molecule has 2 rings (SSSR count). The van der Waals surface area contributed by atoms with Gasteiger partial charge in [-0.05, 0) is 25.0 Å². The summed E-state index contributed by atoms with van der Waals surface area (Å²) >= 11 is 0. The minimum atomic E-state index is -3.53. The van der Waals surface area contributed by atoms with Gasteiger partial charge in [0.05, 0.1) is 13.7 Å². The summed E-state index contributed by atoms with van der Waals surface area (Å²) in [5.41, 5.74) is 0. The average molecular weight is 327 g/mol. The summed E-state index contributed by atoms with van der Waals surface area (Å²) in [6.45, 7) is 1.06. The highest BCUT2D eigenvalue weighted by Crippen LogP contribution is 2.31. The Balaban J connectivity index is 2.35. The van der Waals surface area contributed by atoms with Gasteiger partial charge in [-0.2, -0.15) is 0 Å². The van der Waals surface area contributed by atoms with Crippen LogP contribution >= 0.6 is 0 Å². The van der Waals surface area contributed by atoms with Crippen molar-refractivity contribution in [2.45, 2.75) is 43.4 Å². The van der Waals surface area contributed by atoms with E-state index in [0.29, 0.717) is 24.7 Å². The highest BCUT2D eigenvalue weighted by molar-refractivity contribution is 7.89. The molecule has 0 fully saturated rings. The van der Waals surface area contributed by atoms with Gasteiger partial charge in [0.1, 0.15) is 16.4 Å².